The van der Waals surface area contributed by atoms with E-state index < -0.39 is 0 Å². The molecule has 1 aromatic heterocycles. The number of pyridine rings is 1. The third kappa shape index (κ3) is 3.06. The first-order valence-electron chi connectivity index (χ1n) is 6.92. The summed E-state index contributed by atoms with van der Waals surface area (Å²) < 4.78 is 5.82. The SMILES string of the molecule is CN(C)c1ccncc1CN1CCO[C@H]2CNC[C@H]21.Cl. The highest BCUT2D eigenvalue weighted by atomic mass is 35.5. The quantitative estimate of drug-likeness (QED) is 0.891. The average Bonchev–Trinajstić information content (AvgIpc) is 2.88. The van der Waals surface area contributed by atoms with Gasteiger partial charge in [0.25, 0.3) is 0 Å². The summed E-state index contributed by atoms with van der Waals surface area (Å²) >= 11 is 0. The first-order valence-corrected chi connectivity index (χ1v) is 6.92. The van der Waals surface area contributed by atoms with Crippen molar-refractivity contribution in [3.8, 4) is 0 Å². The van der Waals surface area contributed by atoms with E-state index >= 15 is 0 Å². The van der Waals surface area contributed by atoms with Crippen LogP contribution < -0.4 is 10.2 Å². The summed E-state index contributed by atoms with van der Waals surface area (Å²) in [5, 5.41) is 3.42. The van der Waals surface area contributed by atoms with Crippen molar-refractivity contribution in [1.29, 1.82) is 0 Å². The number of aromatic nitrogens is 1. The van der Waals surface area contributed by atoms with Crippen LogP contribution in [0.5, 0.6) is 0 Å². The minimum absolute atomic E-state index is 0. The third-order valence-electron chi connectivity index (χ3n) is 4.04. The van der Waals surface area contributed by atoms with Crippen LogP contribution in [0.2, 0.25) is 0 Å². The lowest BCUT2D eigenvalue weighted by Gasteiger charge is -2.37. The number of nitrogens with one attached hydrogen (secondary N) is 1. The van der Waals surface area contributed by atoms with Crippen molar-refractivity contribution in [2.24, 2.45) is 0 Å². The van der Waals surface area contributed by atoms with Crippen LogP contribution in [0.3, 0.4) is 0 Å². The van der Waals surface area contributed by atoms with Gasteiger partial charge in [-0.3, -0.25) is 9.88 Å². The highest BCUT2D eigenvalue weighted by molar-refractivity contribution is 5.85. The molecule has 2 atom stereocenters. The van der Waals surface area contributed by atoms with Crippen molar-refractivity contribution >= 4 is 18.1 Å². The molecule has 1 N–H and O–H groups in total. The van der Waals surface area contributed by atoms with Gasteiger partial charge in [-0.2, -0.15) is 0 Å². The molecule has 0 radical (unpaired) electrons. The largest absolute Gasteiger partial charge is 0.377 e. The molecule has 112 valence electrons. The van der Waals surface area contributed by atoms with Crippen molar-refractivity contribution in [2.45, 2.75) is 18.7 Å². The number of morpholine rings is 1. The number of halogens is 1. The van der Waals surface area contributed by atoms with Crippen molar-refractivity contribution in [1.82, 2.24) is 15.2 Å². The number of anilines is 1. The predicted octanol–water partition coefficient (Wildman–Crippen LogP) is 0.742. The Hall–Kier alpha value is -0.880. The van der Waals surface area contributed by atoms with Crippen molar-refractivity contribution < 1.29 is 4.74 Å². The Balaban J connectivity index is 0.00000147. The number of fused-ring (bicyclic) bond motifs is 1. The Morgan fingerprint density at radius 3 is 3.10 bits per heavy atom. The van der Waals surface area contributed by atoms with Gasteiger partial charge in [-0.1, -0.05) is 0 Å². The second-order valence-corrected chi connectivity index (χ2v) is 5.50. The minimum atomic E-state index is 0. The Morgan fingerprint density at radius 2 is 2.30 bits per heavy atom. The lowest BCUT2D eigenvalue weighted by Crippen LogP contribution is -2.50. The maximum Gasteiger partial charge on any atom is 0.0867 e. The highest BCUT2D eigenvalue weighted by Crippen LogP contribution is 2.23. The van der Waals surface area contributed by atoms with E-state index in [2.05, 4.69) is 40.3 Å². The van der Waals surface area contributed by atoms with Gasteiger partial charge in [0.2, 0.25) is 0 Å². The molecule has 2 saturated heterocycles. The van der Waals surface area contributed by atoms with Crippen LogP contribution >= 0.6 is 12.4 Å². The van der Waals surface area contributed by atoms with E-state index in [9.17, 15) is 0 Å². The zero-order valence-corrected chi connectivity index (χ0v) is 12.9. The molecule has 0 amide bonds. The number of ether oxygens (including phenoxy) is 1. The molecule has 2 aliphatic rings. The summed E-state index contributed by atoms with van der Waals surface area (Å²) in [6.07, 6.45) is 4.20. The van der Waals surface area contributed by atoms with Crippen LogP contribution in [0.25, 0.3) is 0 Å². The number of hydrogen-bond acceptors (Lipinski definition) is 5. The van der Waals surface area contributed by atoms with Crippen LogP contribution in [-0.2, 0) is 11.3 Å². The molecular formula is C14H23ClN4O. The maximum absolute atomic E-state index is 5.82. The van der Waals surface area contributed by atoms with Crippen LogP contribution in [-0.4, -0.2) is 62.4 Å². The Kier molecular flexibility index (Phi) is 5.21. The molecule has 0 saturated carbocycles. The van der Waals surface area contributed by atoms with E-state index in [1.807, 2.05) is 12.4 Å². The molecule has 2 aliphatic heterocycles. The lowest BCUT2D eigenvalue weighted by molar-refractivity contribution is -0.0500. The van der Waals surface area contributed by atoms with E-state index in [4.69, 9.17) is 4.74 Å². The highest BCUT2D eigenvalue weighted by Gasteiger charge is 2.36. The van der Waals surface area contributed by atoms with Gasteiger partial charge in [-0.05, 0) is 6.07 Å². The lowest BCUT2D eigenvalue weighted by atomic mass is 10.1. The fourth-order valence-electron chi connectivity index (χ4n) is 3.06. The Morgan fingerprint density at radius 1 is 1.45 bits per heavy atom. The summed E-state index contributed by atoms with van der Waals surface area (Å²) in [4.78, 5) is 8.96. The zero-order chi connectivity index (χ0) is 13.2. The van der Waals surface area contributed by atoms with Crippen molar-refractivity contribution in [3.63, 3.8) is 0 Å². The number of hydrogen-bond donors (Lipinski definition) is 1. The van der Waals surface area contributed by atoms with Gasteiger partial charge in [0.15, 0.2) is 0 Å². The molecule has 3 heterocycles. The molecule has 1 aromatic rings. The van der Waals surface area contributed by atoms with Crippen LogP contribution in [0.4, 0.5) is 5.69 Å². The molecule has 20 heavy (non-hydrogen) atoms. The average molecular weight is 299 g/mol. The second-order valence-electron chi connectivity index (χ2n) is 5.50. The van der Waals surface area contributed by atoms with Crippen molar-refractivity contribution in [3.05, 3.63) is 24.0 Å². The monoisotopic (exact) mass is 298 g/mol. The molecule has 0 aromatic carbocycles. The van der Waals surface area contributed by atoms with Crippen LogP contribution in [0, 0.1) is 0 Å². The topological polar surface area (TPSA) is 40.6 Å². The Bertz CT molecular complexity index is 443. The van der Waals surface area contributed by atoms with E-state index in [-0.39, 0.29) is 12.4 Å². The maximum atomic E-state index is 5.82. The molecule has 0 bridgehead atoms. The molecule has 2 fully saturated rings. The molecular weight excluding hydrogens is 276 g/mol. The third-order valence-corrected chi connectivity index (χ3v) is 4.04. The number of nitrogens with zero attached hydrogens (tertiary/aromatic N) is 3. The van der Waals surface area contributed by atoms with Gasteiger partial charge >= 0.3 is 0 Å². The van der Waals surface area contributed by atoms with E-state index in [1.165, 1.54) is 11.3 Å². The summed E-state index contributed by atoms with van der Waals surface area (Å²) in [6, 6.07) is 2.59. The predicted molar refractivity (Wildman–Crippen MR) is 82.6 cm³/mol. The molecule has 0 spiro atoms. The summed E-state index contributed by atoms with van der Waals surface area (Å²) in [5.41, 5.74) is 2.55. The second kappa shape index (κ2) is 6.72. The molecule has 6 heteroatoms. The van der Waals surface area contributed by atoms with Gasteiger partial charge in [0.1, 0.15) is 0 Å². The summed E-state index contributed by atoms with van der Waals surface area (Å²) in [5.74, 6) is 0. The molecule has 3 rings (SSSR count). The first kappa shape index (κ1) is 15.5. The van der Waals surface area contributed by atoms with Gasteiger partial charge in [0.05, 0.1) is 12.7 Å². The van der Waals surface area contributed by atoms with E-state index in [0.717, 1.165) is 32.8 Å². The molecule has 0 aliphatic carbocycles. The Labute approximate surface area is 126 Å². The minimum Gasteiger partial charge on any atom is -0.377 e. The van der Waals surface area contributed by atoms with Gasteiger partial charge in [-0.15, -0.1) is 12.4 Å². The van der Waals surface area contributed by atoms with Gasteiger partial charge < -0.3 is 15.0 Å². The molecule has 5 nitrogen and oxygen atoms in total. The van der Waals surface area contributed by atoms with Crippen LogP contribution in [0.15, 0.2) is 18.5 Å². The summed E-state index contributed by atoms with van der Waals surface area (Å²) in [7, 11) is 4.16. The fourth-order valence-corrected chi connectivity index (χ4v) is 3.06. The van der Waals surface area contributed by atoms with E-state index in [1.54, 1.807) is 0 Å². The van der Waals surface area contributed by atoms with E-state index in [0.29, 0.717) is 12.1 Å². The zero-order valence-electron chi connectivity index (χ0n) is 12.1. The summed E-state index contributed by atoms with van der Waals surface area (Å²) in [6.45, 7) is 4.80. The normalized spacial score (nSPS) is 25.9. The van der Waals surface area contributed by atoms with Crippen molar-refractivity contribution in [2.75, 3.05) is 45.2 Å². The number of rotatable bonds is 3. The molecule has 0 unspecified atom stereocenters. The standard InChI is InChI=1S/C14H22N4O.ClH/c1-17(2)12-3-4-15-7-11(12)10-18-5-6-19-14-9-16-8-13(14)18;/h3-4,7,13-14,16H,5-6,8-10H2,1-2H3;1H/t13-,14+;/m1./s1. The van der Waals surface area contributed by atoms with Gasteiger partial charge in [-0.25, -0.2) is 0 Å². The smallest absolute Gasteiger partial charge is 0.0867 e. The fraction of sp³-hybridized carbons (Fsp3) is 0.643. The van der Waals surface area contributed by atoms with Gasteiger partial charge in [0, 0.05) is 70.0 Å². The van der Waals surface area contributed by atoms with Crippen LogP contribution in [0.1, 0.15) is 5.56 Å². The first-order chi connectivity index (χ1) is 9.25.